The molecule has 12 heavy (non-hydrogen) atoms. The van der Waals surface area contributed by atoms with Crippen molar-refractivity contribution in [1.82, 2.24) is 0 Å². The summed E-state index contributed by atoms with van der Waals surface area (Å²) in [6.07, 6.45) is 4.83. The minimum atomic E-state index is 0.466. The van der Waals surface area contributed by atoms with Crippen molar-refractivity contribution in [2.24, 2.45) is 5.92 Å². The van der Waals surface area contributed by atoms with Crippen LogP contribution in [0.2, 0.25) is 0 Å². The highest BCUT2D eigenvalue weighted by Gasteiger charge is 2.36. The topological polar surface area (TPSA) is 9.23 Å². The Hall–Kier alpha value is 0.690. The predicted octanol–water partition coefficient (Wildman–Crippen LogP) is 3.40. The summed E-state index contributed by atoms with van der Waals surface area (Å²) in [6, 6.07) is 0. The highest BCUT2D eigenvalue weighted by atomic mass is 127. The van der Waals surface area contributed by atoms with E-state index in [2.05, 4.69) is 43.4 Å². The summed E-state index contributed by atoms with van der Waals surface area (Å²) in [5.74, 6) is 0.729. The Morgan fingerprint density at radius 2 is 2.00 bits per heavy atom. The number of rotatable bonds is 3. The zero-order valence-corrected chi connectivity index (χ0v) is 10.4. The first-order chi connectivity index (χ1) is 5.66. The zero-order chi connectivity index (χ0) is 9.14. The molecule has 1 fully saturated rings. The van der Waals surface area contributed by atoms with E-state index in [1.165, 1.54) is 19.3 Å². The third kappa shape index (κ3) is 2.34. The molecule has 0 spiro atoms. The van der Waals surface area contributed by atoms with Crippen molar-refractivity contribution in [3.05, 3.63) is 0 Å². The van der Waals surface area contributed by atoms with Gasteiger partial charge in [-0.2, -0.15) is 0 Å². The second-order valence-corrected chi connectivity index (χ2v) is 5.26. The molecule has 0 amide bonds. The largest absolute Gasteiger partial charge is 0.374 e. The van der Waals surface area contributed by atoms with Gasteiger partial charge in [-0.25, -0.2) is 0 Å². The lowest BCUT2D eigenvalue weighted by Gasteiger charge is -2.13. The monoisotopic (exact) mass is 282 g/mol. The van der Waals surface area contributed by atoms with E-state index in [9.17, 15) is 0 Å². The first kappa shape index (κ1) is 10.8. The van der Waals surface area contributed by atoms with E-state index in [0.717, 1.165) is 9.84 Å². The standard InChI is InChI=1S/C10H19IO/c1-4-5-6-9-10(11)7(2)8(3)12-9/h7-10H,4-6H2,1-3H3/t7-,8-,9-,10+/m1/s1. The van der Waals surface area contributed by atoms with Crippen molar-refractivity contribution in [3.8, 4) is 0 Å². The molecule has 0 aliphatic carbocycles. The van der Waals surface area contributed by atoms with E-state index in [1.807, 2.05) is 0 Å². The summed E-state index contributed by atoms with van der Waals surface area (Å²) < 4.78 is 6.61. The highest BCUT2D eigenvalue weighted by molar-refractivity contribution is 14.1. The van der Waals surface area contributed by atoms with E-state index < -0.39 is 0 Å². The van der Waals surface area contributed by atoms with Crippen LogP contribution in [0, 0.1) is 5.92 Å². The molecule has 1 rings (SSSR count). The van der Waals surface area contributed by atoms with Crippen LogP contribution in [0.3, 0.4) is 0 Å². The first-order valence-corrected chi connectivity index (χ1v) is 6.21. The van der Waals surface area contributed by atoms with Crippen molar-refractivity contribution in [2.45, 2.75) is 56.2 Å². The van der Waals surface area contributed by atoms with Crippen LogP contribution in [0.4, 0.5) is 0 Å². The van der Waals surface area contributed by atoms with Crippen LogP contribution in [-0.4, -0.2) is 16.1 Å². The molecule has 0 bridgehead atoms. The maximum atomic E-state index is 5.88. The third-order valence-electron chi connectivity index (χ3n) is 2.83. The Morgan fingerprint density at radius 3 is 2.42 bits per heavy atom. The molecule has 1 heterocycles. The number of hydrogen-bond donors (Lipinski definition) is 0. The maximum absolute atomic E-state index is 5.88. The molecule has 0 saturated carbocycles. The molecule has 1 aliphatic heterocycles. The Bertz CT molecular complexity index is 138. The first-order valence-electron chi connectivity index (χ1n) is 4.96. The Balaban J connectivity index is 2.36. The molecular formula is C10H19IO. The van der Waals surface area contributed by atoms with Gasteiger partial charge in [-0.15, -0.1) is 0 Å². The van der Waals surface area contributed by atoms with Gasteiger partial charge in [0.25, 0.3) is 0 Å². The average Bonchev–Trinajstić information content (AvgIpc) is 2.30. The molecule has 0 unspecified atom stereocenters. The van der Waals surface area contributed by atoms with Gasteiger partial charge in [0.15, 0.2) is 0 Å². The van der Waals surface area contributed by atoms with Gasteiger partial charge in [-0.3, -0.25) is 0 Å². The number of halogens is 1. The molecule has 1 nitrogen and oxygen atoms in total. The molecular weight excluding hydrogens is 263 g/mol. The van der Waals surface area contributed by atoms with Crippen molar-refractivity contribution >= 4 is 22.6 Å². The van der Waals surface area contributed by atoms with Gasteiger partial charge < -0.3 is 4.74 Å². The van der Waals surface area contributed by atoms with E-state index in [1.54, 1.807) is 0 Å². The van der Waals surface area contributed by atoms with Crippen molar-refractivity contribution < 1.29 is 4.74 Å². The lowest BCUT2D eigenvalue weighted by atomic mass is 10.0. The highest BCUT2D eigenvalue weighted by Crippen LogP contribution is 2.34. The summed E-state index contributed by atoms with van der Waals surface area (Å²) in [4.78, 5) is 0. The van der Waals surface area contributed by atoms with Gasteiger partial charge in [0.05, 0.1) is 12.2 Å². The molecule has 1 aliphatic rings. The summed E-state index contributed by atoms with van der Waals surface area (Å²) in [6.45, 7) is 6.74. The van der Waals surface area contributed by atoms with E-state index in [0.29, 0.717) is 12.2 Å². The van der Waals surface area contributed by atoms with Crippen molar-refractivity contribution in [2.75, 3.05) is 0 Å². The normalized spacial score (nSPS) is 42.0. The lowest BCUT2D eigenvalue weighted by Crippen LogP contribution is -2.18. The predicted molar refractivity (Wildman–Crippen MR) is 60.8 cm³/mol. The molecule has 4 atom stereocenters. The van der Waals surface area contributed by atoms with E-state index in [4.69, 9.17) is 4.74 Å². The number of unbranched alkanes of at least 4 members (excludes halogenated alkanes) is 1. The quantitative estimate of drug-likeness (QED) is 0.569. The Labute approximate surface area is 89.4 Å². The Kier molecular flexibility index (Phi) is 4.30. The van der Waals surface area contributed by atoms with Crippen LogP contribution in [-0.2, 0) is 4.74 Å². The van der Waals surface area contributed by atoms with Gasteiger partial charge in [-0.05, 0) is 19.3 Å². The minimum Gasteiger partial charge on any atom is -0.374 e. The van der Waals surface area contributed by atoms with Gasteiger partial charge in [0, 0.05) is 3.92 Å². The smallest absolute Gasteiger partial charge is 0.0699 e. The second-order valence-electron chi connectivity index (χ2n) is 3.83. The van der Waals surface area contributed by atoms with Gasteiger partial charge in [0.1, 0.15) is 0 Å². The summed E-state index contributed by atoms with van der Waals surface area (Å²) >= 11 is 2.55. The lowest BCUT2D eigenvalue weighted by molar-refractivity contribution is 0.0435. The molecule has 0 aromatic carbocycles. The number of hydrogen-bond acceptors (Lipinski definition) is 1. The molecule has 0 aromatic heterocycles. The summed E-state index contributed by atoms with van der Waals surface area (Å²) in [7, 11) is 0. The van der Waals surface area contributed by atoms with Crippen molar-refractivity contribution in [1.29, 1.82) is 0 Å². The molecule has 0 radical (unpaired) electrons. The van der Waals surface area contributed by atoms with E-state index in [-0.39, 0.29) is 0 Å². The maximum Gasteiger partial charge on any atom is 0.0699 e. The molecule has 72 valence electrons. The fraction of sp³-hybridized carbons (Fsp3) is 1.00. The third-order valence-corrected chi connectivity index (χ3v) is 4.77. The van der Waals surface area contributed by atoms with Crippen LogP contribution >= 0.6 is 22.6 Å². The molecule has 0 N–H and O–H groups in total. The average molecular weight is 282 g/mol. The van der Waals surface area contributed by atoms with Crippen LogP contribution in [0.5, 0.6) is 0 Å². The number of alkyl halides is 1. The van der Waals surface area contributed by atoms with Gasteiger partial charge >= 0.3 is 0 Å². The molecule has 1 saturated heterocycles. The molecule has 2 heteroatoms. The van der Waals surface area contributed by atoms with Crippen molar-refractivity contribution in [3.63, 3.8) is 0 Å². The summed E-state index contributed by atoms with van der Waals surface area (Å²) in [5.41, 5.74) is 0. The second kappa shape index (κ2) is 4.80. The van der Waals surface area contributed by atoms with E-state index >= 15 is 0 Å². The Morgan fingerprint density at radius 1 is 1.33 bits per heavy atom. The van der Waals surface area contributed by atoms with Gasteiger partial charge in [-0.1, -0.05) is 49.3 Å². The van der Waals surface area contributed by atoms with Crippen LogP contribution < -0.4 is 0 Å². The summed E-state index contributed by atoms with van der Waals surface area (Å²) in [5, 5.41) is 0. The SMILES string of the molecule is CCCC[C@H]1O[C@H](C)[C@@H](C)[C@@H]1I. The van der Waals surface area contributed by atoms with Crippen LogP contribution in [0.1, 0.15) is 40.0 Å². The fourth-order valence-electron chi connectivity index (χ4n) is 1.70. The van der Waals surface area contributed by atoms with Crippen LogP contribution in [0.15, 0.2) is 0 Å². The fourth-order valence-corrected chi connectivity index (χ4v) is 2.82. The number of ether oxygens (including phenoxy) is 1. The van der Waals surface area contributed by atoms with Crippen LogP contribution in [0.25, 0.3) is 0 Å². The zero-order valence-electron chi connectivity index (χ0n) is 8.22. The minimum absolute atomic E-state index is 0.466. The van der Waals surface area contributed by atoms with Gasteiger partial charge in [0.2, 0.25) is 0 Å². The molecule has 0 aromatic rings.